The van der Waals surface area contributed by atoms with Gasteiger partial charge in [0.1, 0.15) is 0 Å². The van der Waals surface area contributed by atoms with Crippen LogP contribution in [0.25, 0.3) is 0 Å². The molecule has 2 rings (SSSR count). The largest absolute Gasteiger partial charge is 0.457 e. The number of nitrogens with zero attached hydrogens (tertiary/aromatic N) is 1. The van der Waals surface area contributed by atoms with Crippen LogP contribution in [0.1, 0.15) is 20.7 Å². The second-order valence-electron chi connectivity index (χ2n) is 3.54. The number of amides is 2. The topological polar surface area (TPSA) is 37.4 Å². The van der Waals surface area contributed by atoms with Crippen molar-refractivity contribution in [1.82, 2.24) is 4.90 Å². The van der Waals surface area contributed by atoms with Crippen molar-refractivity contribution in [3.05, 3.63) is 35.4 Å². The molecule has 6 heteroatoms. The van der Waals surface area contributed by atoms with Gasteiger partial charge in [0.2, 0.25) is 0 Å². The molecule has 0 unspecified atom stereocenters. The van der Waals surface area contributed by atoms with Crippen LogP contribution in [0, 0.1) is 11.8 Å². The molecule has 1 aromatic carbocycles. The molecule has 0 fully saturated rings. The lowest BCUT2D eigenvalue weighted by atomic mass is 10.1. The quantitative estimate of drug-likeness (QED) is 0.565. The van der Waals surface area contributed by atoms with Crippen molar-refractivity contribution in [2.45, 2.75) is 6.18 Å². The van der Waals surface area contributed by atoms with E-state index in [1.807, 2.05) is 0 Å². The Morgan fingerprint density at radius 1 is 1.06 bits per heavy atom. The average molecular weight is 253 g/mol. The minimum absolute atomic E-state index is 0.191. The zero-order chi connectivity index (χ0) is 13.3. The van der Waals surface area contributed by atoms with Crippen LogP contribution in [0.5, 0.6) is 0 Å². The zero-order valence-electron chi connectivity index (χ0n) is 8.91. The molecule has 1 aliphatic rings. The Labute approximate surface area is 100 Å². The molecule has 18 heavy (non-hydrogen) atoms. The third-order valence-corrected chi connectivity index (χ3v) is 2.35. The first-order valence-electron chi connectivity index (χ1n) is 4.92. The summed E-state index contributed by atoms with van der Waals surface area (Å²) in [4.78, 5) is 24.1. The van der Waals surface area contributed by atoms with Gasteiger partial charge < -0.3 is 0 Å². The van der Waals surface area contributed by atoms with Gasteiger partial charge in [0.25, 0.3) is 11.8 Å². The first-order chi connectivity index (χ1) is 8.40. The Hall–Kier alpha value is -2.29. The summed E-state index contributed by atoms with van der Waals surface area (Å²) in [5, 5.41) is 0. The van der Waals surface area contributed by atoms with E-state index in [2.05, 4.69) is 0 Å². The monoisotopic (exact) mass is 253 g/mol. The predicted molar refractivity (Wildman–Crippen MR) is 55.6 cm³/mol. The van der Waals surface area contributed by atoms with Gasteiger partial charge in [-0.1, -0.05) is 18.1 Å². The van der Waals surface area contributed by atoms with Crippen LogP contribution in [0.3, 0.4) is 0 Å². The summed E-state index contributed by atoms with van der Waals surface area (Å²) in [6, 6.07) is 6.06. The summed E-state index contributed by atoms with van der Waals surface area (Å²) < 4.78 is 35.5. The third-order valence-electron chi connectivity index (χ3n) is 2.35. The molecule has 3 nitrogen and oxygen atoms in total. The maximum Gasteiger partial charge on any atom is 0.457 e. The maximum atomic E-state index is 11.8. The highest BCUT2D eigenvalue weighted by atomic mass is 19.4. The summed E-state index contributed by atoms with van der Waals surface area (Å²) >= 11 is 0. The van der Waals surface area contributed by atoms with E-state index in [4.69, 9.17) is 0 Å². The fourth-order valence-electron chi connectivity index (χ4n) is 1.60. The molecule has 92 valence electrons. The number of benzene rings is 1. The maximum absolute atomic E-state index is 11.8. The van der Waals surface area contributed by atoms with E-state index in [1.165, 1.54) is 12.1 Å². The lowest BCUT2D eigenvalue weighted by molar-refractivity contribution is -0.0698. The van der Waals surface area contributed by atoms with Gasteiger partial charge >= 0.3 is 6.18 Å². The van der Waals surface area contributed by atoms with Crippen molar-refractivity contribution in [2.24, 2.45) is 0 Å². The summed E-state index contributed by atoms with van der Waals surface area (Å²) in [7, 11) is 0. The summed E-state index contributed by atoms with van der Waals surface area (Å²) in [6.07, 6.45) is -4.63. The molecule has 0 spiro atoms. The Morgan fingerprint density at radius 2 is 1.56 bits per heavy atom. The second kappa shape index (κ2) is 4.18. The molecule has 0 bridgehead atoms. The standard InChI is InChI=1S/C12H6F3NO2/c13-12(14,15)6-3-7-16-10(17)8-4-1-2-5-9(8)11(16)18/h1-2,4-5H,7H2. The molecule has 0 aliphatic carbocycles. The normalized spacial score (nSPS) is 14.3. The van der Waals surface area contributed by atoms with Crippen molar-refractivity contribution in [3.63, 3.8) is 0 Å². The number of alkyl halides is 3. The van der Waals surface area contributed by atoms with Gasteiger partial charge in [-0.15, -0.1) is 0 Å². The van der Waals surface area contributed by atoms with E-state index in [0.717, 1.165) is 5.92 Å². The summed E-state index contributed by atoms with van der Waals surface area (Å²) in [6.45, 7) is -0.564. The summed E-state index contributed by atoms with van der Waals surface area (Å²) in [5.74, 6) is 1.56. The van der Waals surface area contributed by atoms with Crippen molar-refractivity contribution >= 4 is 11.8 Å². The molecule has 0 aromatic heterocycles. The number of carbonyl (C=O) groups is 2. The molecule has 2 amide bonds. The van der Waals surface area contributed by atoms with Crippen LogP contribution in [-0.4, -0.2) is 29.4 Å². The fraction of sp³-hybridized carbons (Fsp3) is 0.167. The van der Waals surface area contributed by atoms with Crippen molar-refractivity contribution in [1.29, 1.82) is 0 Å². The molecule has 1 aliphatic heterocycles. The Morgan fingerprint density at radius 3 is 2.00 bits per heavy atom. The first-order valence-corrected chi connectivity index (χ1v) is 4.92. The highest BCUT2D eigenvalue weighted by Crippen LogP contribution is 2.21. The minimum Gasteiger partial charge on any atom is -0.269 e. The molecule has 0 N–H and O–H groups in total. The van der Waals surface area contributed by atoms with Gasteiger partial charge in [0.05, 0.1) is 17.7 Å². The smallest absolute Gasteiger partial charge is 0.269 e. The molecule has 0 atom stereocenters. The number of rotatable bonds is 1. The van der Waals surface area contributed by atoms with Gasteiger partial charge in [-0.3, -0.25) is 14.5 Å². The molecule has 0 saturated heterocycles. The Kier molecular flexibility index (Phi) is 2.83. The van der Waals surface area contributed by atoms with E-state index < -0.39 is 24.5 Å². The molecular weight excluding hydrogens is 247 g/mol. The van der Waals surface area contributed by atoms with E-state index in [-0.39, 0.29) is 11.1 Å². The summed E-state index contributed by atoms with van der Waals surface area (Å²) in [5.41, 5.74) is 0.382. The van der Waals surface area contributed by atoms with E-state index >= 15 is 0 Å². The molecule has 0 radical (unpaired) electrons. The fourth-order valence-corrected chi connectivity index (χ4v) is 1.60. The van der Waals surface area contributed by atoms with Crippen LogP contribution < -0.4 is 0 Å². The van der Waals surface area contributed by atoms with Gasteiger partial charge in [-0.25, -0.2) is 0 Å². The zero-order valence-corrected chi connectivity index (χ0v) is 8.91. The molecule has 1 aromatic rings. The number of carbonyl (C=O) groups excluding carboxylic acids is 2. The van der Waals surface area contributed by atoms with Gasteiger partial charge in [-0.2, -0.15) is 13.2 Å². The predicted octanol–water partition coefficient (Wildman–Crippen LogP) is 1.85. The molecular formula is C12H6F3NO2. The Balaban J connectivity index is 2.21. The van der Waals surface area contributed by atoms with Crippen molar-refractivity contribution < 1.29 is 22.8 Å². The molecule has 1 heterocycles. The first kappa shape index (κ1) is 12.2. The Bertz CT molecular complexity index is 546. The van der Waals surface area contributed by atoms with Crippen molar-refractivity contribution in [3.8, 4) is 11.8 Å². The van der Waals surface area contributed by atoms with Gasteiger partial charge in [0.15, 0.2) is 0 Å². The minimum atomic E-state index is -4.63. The number of hydrogen-bond donors (Lipinski definition) is 0. The van der Waals surface area contributed by atoms with E-state index in [1.54, 1.807) is 18.1 Å². The number of fused-ring (bicyclic) bond motifs is 1. The highest BCUT2D eigenvalue weighted by Gasteiger charge is 2.34. The van der Waals surface area contributed by atoms with Crippen LogP contribution in [0.15, 0.2) is 24.3 Å². The number of hydrogen-bond acceptors (Lipinski definition) is 2. The van der Waals surface area contributed by atoms with Gasteiger partial charge in [-0.05, 0) is 12.1 Å². The highest BCUT2D eigenvalue weighted by molar-refractivity contribution is 6.21. The number of imide groups is 1. The van der Waals surface area contributed by atoms with Crippen LogP contribution >= 0.6 is 0 Å². The second-order valence-corrected chi connectivity index (χ2v) is 3.54. The molecule has 0 saturated carbocycles. The number of halogens is 3. The lowest BCUT2D eigenvalue weighted by Crippen LogP contribution is -2.30. The SMILES string of the molecule is O=C1c2ccccc2C(=O)N1CC#CC(F)(F)F. The van der Waals surface area contributed by atoms with E-state index in [0.29, 0.717) is 4.90 Å². The van der Waals surface area contributed by atoms with Crippen molar-refractivity contribution in [2.75, 3.05) is 6.54 Å². The third kappa shape index (κ3) is 2.20. The van der Waals surface area contributed by atoms with Crippen LogP contribution in [0.2, 0.25) is 0 Å². The van der Waals surface area contributed by atoms with E-state index in [9.17, 15) is 22.8 Å². The van der Waals surface area contributed by atoms with Gasteiger partial charge in [0, 0.05) is 5.92 Å². The van der Waals surface area contributed by atoms with Crippen LogP contribution in [0.4, 0.5) is 13.2 Å². The lowest BCUT2D eigenvalue weighted by Gasteiger charge is -2.08. The van der Waals surface area contributed by atoms with Crippen LogP contribution in [-0.2, 0) is 0 Å². The average Bonchev–Trinajstić information content (AvgIpc) is 2.53.